The standard InChI is InChI=1S/C30H54N3O4S/c1-4-6-8-10-11-12-13-14-15-16-17-19-24-36-30(34)37-26-33(3)22-20-21-27(25-33)28-29(32-38-31-28)35-23-18-9-7-5-2/h21H,4-20,22-26H2,1-3H3/q+1. The number of hydrogen-bond donors (Lipinski definition) is 0. The van der Waals surface area contributed by atoms with Gasteiger partial charge in [0.1, 0.15) is 12.2 Å². The molecule has 2 heterocycles. The number of nitrogens with zero attached hydrogens (tertiary/aromatic N) is 3. The topological polar surface area (TPSA) is 70.5 Å². The minimum atomic E-state index is -0.560. The Balaban J connectivity index is 1.55. The van der Waals surface area contributed by atoms with Gasteiger partial charge in [0.2, 0.25) is 6.73 Å². The molecule has 1 atom stereocenters. The molecule has 0 fully saturated rings. The largest absolute Gasteiger partial charge is 0.512 e. The van der Waals surface area contributed by atoms with Gasteiger partial charge in [-0.15, -0.1) is 4.37 Å². The molecule has 2 rings (SSSR count). The van der Waals surface area contributed by atoms with Gasteiger partial charge in [-0.05, 0) is 12.8 Å². The van der Waals surface area contributed by atoms with Crippen LogP contribution in [-0.2, 0) is 9.47 Å². The number of hydrogen-bond acceptors (Lipinski definition) is 7. The van der Waals surface area contributed by atoms with Crippen LogP contribution in [0.4, 0.5) is 4.79 Å². The third-order valence-corrected chi connectivity index (χ3v) is 7.83. The zero-order valence-electron chi connectivity index (χ0n) is 24.5. The monoisotopic (exact) mass is 552 g/mol. The van der Waals surface area contributed by atoms with Crippen molar-refractivity contribution in [1.82, 2.24) is 8.75 Å². The van der Waals surface area contributed by atoms with Crippen LogP contribution in [0, 0.1) is 0 Å². The number of quaternary nitrogens is 1. The molecule has 0 saturated heterocycles. The van der Waals surface area contributed by atoms with E-state index < -0.39 is 6.16 Å². The van der Waals surface area contributed by atoms with Crippen LogP contribution in [0.5, 0.6) is 5.88 Å². The molecule has 0 N–H and O–H groups in total. The first kappa shape index (κ1) is 32.5. The van der Waals surface area contributed by atoms with Gasteiger partial charge >= 0.3 is 6.16 Å². The normalized spacial score (nSPS) is 17.3. The molecule has 0 bridgehead atoms. The lowest BCUT2D eigenvalue weighted by Crippen LogP contribution is -2.49. The van der Waals surface area contributed by atoms with Gasteiger partial charge in [-0.3, -0.25) is 4.48 Å². The van der Waals surface area contributed by atoms with Crippen molar-refractivity contribution in [1.29, 1.82) is 0 Å². The Kier molecular flexibility index (Phi) is 17.4. The first-order chi connectivity index (χ1) is 18.6. The number of unbranched alkanes of at least 4 members (excludes halogenated alkanes) is 14. The summed E-state index contributed by atoms with van der Waals surface area (Å²) < 4.78 is 26.3. The van der Waals surface area contributed by atoms with Crippen LogP contribution in [0.25, 0.3) is 5.57 Å². The summed E-state index contributed by atoms with van der Waals surface area (Å²) in [7, 11) is 2.11. The number of carbonyl (C=O) groups excluding carboxylic acids is 1. The Bertz CT molecular complexity index is 785. The van der Waals surface area contributed by atoms with E-state index >= 15 is 0 Å². The summed E-state index contributed by atoms with van der Waals surface area (Å²) >= 11 is 1.19. The average molecular weight is 553 g/mol. The van der Waals surface area contributed by atoms with E-state index in [4.69, 9.17) is 14.2 Å². The molecule has 1 aliphatic heterocycles. The predicted octanol–water partition coefficient (Wildman–Crippen LogP) is 8.54. The lowest BCUT2D eigenvalue weighted by molar-refractivity contribution is -0.919. The smallest absolute Gasteiger partial charge is 0.475 e. The second kappa shape index (κ2) is 20.3. The molecular formula is C30H54N3O4S+. The van der Waals surface area contributed by atoms with E-state index in [1.807, 2.05) is 0 Å². The molecule has 38 heavy (non-hydrogen) atoms. The fraction of sp³-hybridized carbons (Fsp3) is 0.833. The van der Waals surface area contributed by atoms with Crippen molar-refractivity contribution in [3.63, 3.8) is 0 Å². The van der Waals surface area contributed by atoms with Crippen LogP contribution in [0.1, 0.15) is 129 Å². The second-order valence-corrected chi connectivity index (χ2v) is 11.6. The van der Waals surface area contributed by atoms with Gasteiger partial charge in [0.25, 0.3) is 5.88 Å². The molecule has 0 amide bonds. The third kappa shape index (κ3) is 13.9. The Labute approximate surface area is 236 Å². The molecule has 1 aromatic rings. The summed E-state index contributed by atoms with van der Waals surface area (Å²) in [5.41, 5.74) is 1.95. The Morgan fingerprint density at radius 3 is 2.05 bits per heavy atom. The second-order valence-electron chi connectivity index (χ2n) is 11.1. The maximum absolute atomic E-state index is 12.2. The van der Waals surface area contributed by atoms with Gasteiger partial charge in [-0.25, -0.2) is 4.79 Å². The van der Waals surface area contributed by atoms with E-state index in [2.05, 4.69) is 35.7 Å². The number of rotatable bonds is 22. The number of ether oxygens (including phenoxy) is 3. The zero-order chi connectivity index (χ0) is 27.3. The zero-order valence-corrected chi connectivity index (χ0v) is 25.3. The highest BCUT2D eigenvalue weighted by atomic mass is 32.1. The van der Waals surface area contributed by atoms with E-state index in [-0.39, 0.29) is 0 Å². The Morgan fingerprint density at radius 2 is 1.39 bits per heavy atom. The fourth-order valence-electron chi connectivity index (χ4n) is 4.90. The van der Waals surface area contributed by atoms with Gasteiger partial charge in [0.15, 0.2) is 0 Å². The van der Waals surface area contributed by atoms with Crippen LogP contribution in [-0.4, -0.2) is 59.5 Å². The maximum Gasteiger partial charge on any atom is 0.512 e. The highest BCUT2D eigenvalue weighted by molar-refractivity contribution is 6.99. The third-order valence-electron chi connectivity index (χ3n) is 7.32. The maximum atomic E-state index is 12.2. The molecule has 0 radical (unpaired) electrons. The summed E-state index contributed by atoms with van der Waals surface area (Å²) in [5.74, 6) is 0.633. The molecular weight excluding hydrogens is 498 g/mol. The van der Waals surface area contributed by atoms with Crippen molar-refractivity contribution in [2.45, 2.75) is 123 Å². The minimum absolute atomic E-state index is 0.291. The highest BCUT2D eigenvalue weighted by Gasteiger charge is 2.31. The first-order valence-electron chi connectivity index (χ1n) is 15.4. The van der Waals surface area contributed by atoms with E-state index in [9.17, 15) is 4.79 Å². The molecule has 1 unspecified atom stereocenters. The average Bonchev–Trinajstić information content (AvgIpc) is 3.39. The fourth-order valence-corrected chi connectivity index (χ4v) is 5.44. The lowest BCUT2D eigenvalue weighted by atomic mass is 10.1. The molecule has 218 valence electrons. The van der Waals surface area contributed by atoms with E-state index in [0.717, 1.165) is 50.0 Å². The molecule has 0 aromatic carbocycles. The van der Waals surface area contributed by atoms with E-state index in [1.165, 1.54) is 95.2 Å². The number of likely N-dealkylation sites (N-methyl/N-ethyl adjacent to an activating group) is 1. The molecule has 8 heteroatoms. The van der Waals surface area contributed by atoms with E-state index in [1.54, 1.807) is 0 Å². The summed E-state index contributed by atoms with van der Waals surface area (Å²) in [6, 6.07) is 0. The predicted molar refractivity (Wildman–Crippen MR) is 156 cm³/mol. The van der Waals surface area contributed by atoms with Gasteiger partial charge in [0, 0.05) is 12.0 Å². The number of aromatic nitrogens is 2. The SMILES string of the molecule is CCCCCCCCCCCCCCOC(=O)OC[N+]1(C)CCC=C(c2nsnc2OCCCCCC)C1. The van der Waals surface area contributed by atoms with Crippen molar-refractivity contribution in [3.8, 4) is 5.88 Å². The highest BCUT2D eigenvalue weighted by Crippen LogP contribution is 2.30. The lowest BCUT2D eigenvalue weighted by Gasteiger charge is -2.36. The van der Waals surface area contributed by atoms with Crippen molar-refractivity contribution in [2.24, 2.45) is 0 Å². The van der Waals surface area contributed by atoms with Gasteiger partial charge in [-0.1, -0.05) is 110 Å². The first-order valence-corrected chi connectivity index (χ1v) is 16.1. The Morgan fingerprint density at radius 1 is 0.816 bits per heavy atom. The van der Waals surface area contributed by atoms with Crippen molar-refractivity contribution in [3.05, 3.63) is 11.8 Å². The quantitative estimate of drug-likeness (QED) is 0.0815. The van der Waals surface area contributed by atoms with Crippen LogP contribution >= 0.6 is 11.7 Å². The van der Waals surface area contributed by atoms with Crippen LogP contribution in [0.3, 0.4) is 0 Å². The summed E-state index contributed by atoms with van der Waals surface area (Å²) in [4.78, 5) is 12.2. The van der Waals surface area contributed by atoms with E-state index in [0.29, 0.717) is 30.3 Å². The molecule has 1 aromatic heterocycles. The number of carbonyl (C=O) groups is 1. The summed E-state index contributed by atoms with van der Waals surface area (Å²) in [6.45, 7) is 7.50. The van der Waals surface area contributed by atoms with Crippen LogP contribution in [0.15, 0.2) is 6.08 Å². The van der Waals surface area contributed by atoms with Gasteiger partial charge in [-0.2, -0.15) is 4.37 Å². The van der Waals surface area contributed by atoms with Gasteiger partial charge < -0.3 is 14.2 Å². The minimum Gasteiger partial charge on any atom is -0.475 e. The van der Waals surface area contributed by atoms with Crippen molar-refractivity contribution in [2.75, 3.05) is 40.1 Å². The molecule has 0 spiro atoms. The molecule has 0 aliphatic carbocycles. The van der Waals surface area contributed by atoms with Gasteiger partial charge in [0.05, 0.1) is 38.5 Å². The molecule has 0 saturated carbocycles. The summed E-state index contributed by atoms with van der Waals surface area (Å²) in [6.07, 6.45) is 22.7. The van der Waals surface area contributed by atoms with Crippen molar-refractivity contribution >= 4 is 23.5 Å². The van der Waals surface area contributed by atoms with Crippen LogP contribution < -0.4 is 4.74 Å². The Hall–Kier alpha value is -1.67. The molecule has 1 aliphatic rings. The summed E-state index contributed by atoms with van der Waals surface area (Å²) in [5, 5.41) is 0. The van der Waals surface area contributed by atoms with Crippen molar-refractivity contribution < 1.29 is 23.5 Å². The molecule has 7 nitrogen and oxygen atoms in total. The van der Waals surface area contributed by atoms with Crippen LogP contribution in [0.2, 0.25) is 0 Å².